The van der Waals surface area contributed by atoms with Crippen molar-refractivity contribution in [2.24, 2.45) is 0 Å². The first-order valence-electron chi connectivity index (χ1n) is 3.79. The van der Waals surface area contributed by atoms with Gasteiger partial charge in [0.15, 0.2) is 0 Å². The van der Waals surface area contributed by atoms with Crippen LogP contribution < -0.4 is 0 Å². The molecule has 1 atom stereocenters. The van der Waals surface area contributed by atoms with E-state index in [0.717, 1.165) is 7.05 Å². The molecule has 0 aromatic rings. The van der Waals surface area contributed by atoms with Gasteiger partial charge in [0.05, 0.1) is 6.10 Å². The molecule has 0 aliphatic rings. The summed E-state index contributed by atoms with van der Waals surface area (Å²) in [6.45, 7) is 1.01. The predicted octanol–water partition coefficient (Wildman–Crippen LogP) is 0.539. The van der Waals surface area contributed by atoms with Gasteiger partial charge in [-0.25, -0.2) is 8.42 Å². The molecule has 0 rings (SSSR count). The molecule has 0 saturated carbocycles. The molecule has 1 N–H and O–H groups in total. The fourth-order valence-corrected chi connectivity index (χ4v) is 1.36. The number of aliphatic hydroxyl groups is 1. The summed E-state index contributed by atoms with van der Waals surface area (Å²) in [4.78, 5) is 0. The number of rotatable bonds is 4. The van der Waals surface area contributed by atoms with Crippen molar-refractivity contribution in [1.29, 1.82) is 0 Å². The SMILES string of the molecule is CC(O)CCN(C)S(=O)(=O)C(F)(F)F. The van der Waals surface area contributed by atoms with Gasteiger partial charge in [0, 0.05) is 13.6 Å². The summed E-state index contributed by atoms with van der Waals surface area (Å²) in [7, 11) is -4.43. The van der Waals surface area contributed by atoms with Gasteiger partial charge in [-0.15, -0.1) is 0 Å². The lowest BCUT2D eigenvalue weighted by Gasteiger charge is -2.19. The number of hydrogen-bond donors (Lipinski definition) is 1. The van der Waals surface area contributed by atoms with Gasteiger partial charge < -0.3 is 5.11 Å². The van der Waals surface area contributed by atoms with E-state index in [-0.39, 0.29) is 17.3 Å². The van der Waals surface area contributed by atoms with Gasteiger partial charge in [-0.3, -0.25) is 0 Å². The fraction of sp³-hybridized carbons (Fsp3) is 1.00. The highest BCUT2D eigenvalue weighted by Gasteiger charge is 2.48. The first-order valence-corrected chi connectivity index (χ1v) is 5.23. The van der Waals surface area contributed by atoms with Crippen LogP contribution in [0.25, 0.3) is 0 Å². The molecule has 0 aliphatic heterocycles. The Morgan fingerprint density at radius 1 is 1.43 bits per heavy atom. The van der Waals surface area contributed by atoms with E-state index in [2.05, 4.69) is 0 Å². The van der Waals surface area contributed by atoms with Crippen LogP contribution in [0.1, 0.15) is 13.3 Å². The lowest BCUT2D eigenvalue weighted by atomic mass is 10.3. The van der Waals surface area contributed by atoms with Crippen molar-refractivity contribution in [1.82, 2.24) is 4.31 Å². The van der Waals surface area contributed by atoms with E-state index < -0.39 is 21.6 Å². The zero-order valence-electron chi connectivity index (χ0n) is 7.74. The predicted molar refractivity (Wildman–Crippen MR) is 43.9 cm³/mol. The molecule has 0 heterocycles. The number of nitrogens with zero attached hydrogens (tertiary/aromatic N) is 1. The molecule has 86 valence electrons. The van der Waals surface area contributed by atoms with Crippen LogP contribution in [0.15, 0.2) is 0 Å². The highest BCUT2D eigenvalue weighted by Crippen LogP contribution is 2.25. The molecule has 0 bridgehead atoms. The van der Waals surface area contributed by atoms with Crippen molar-refractivity contribution in [2.45, 2.75) is 25.0 Å². The molecule has 0 spiro atoms. The fourth-order valence-electron chi connectivity index (χ4n) is 0.666. The quantitative estimate of drug-likeness (QED) is 0.773. The van der Waals surface area contributed by atoms with Crippen LogP contribution in [0.5, 0.6) is 0 Å². The molecule has 0 saturated heterocycles. The van der Waals surface area contributed by atoms with Gasteiger partial charge >= 0.3 is 15.5 Å². The Kier molecular flexibility index (Phi) is 4.34. The second kappa shape index (κ2) is 4.45. The smallest absolute Gasteiger partial charge is 0.393 e. The standard InChI is InChI=1S/C6H12F3NO3S/c1-5(11)3-4-10(2)14(12,13)6(7,8)9/h5,11H,3-4H2,1-2H3. The average Bonchev–Trinajstić information content (AvgIpc) is 1.97. The largest absolute Gasteiger partial charge is 0.511 e. The topological polar surface area (TPSA) is 57.6 Å². The average molecular weight is 235 g/mol. The summed E-state index contributed by atoms with van der Waals surface area (Å²) < 4.78 is 57.3. The summed E-state index contributed by atoms with van der Waals surface area (Å²) in [5.41, 5.74) is -5.28. The van der Waals surface area contributed by atoms with Gasteiger partial charge in [-0.2, -0.15) is 17.5 Å². The Balaban J connectivity index is 4.47. The third kappa shape index (κ3) is 3.43. The Hall–Kier alpha value is -0.340. The molecule has 0 aromatic carbocycles. The van der Waals surface area contributed by atoms with Gasteiger partial charge in [0.2, 0.25) is 0 Å². The summed E-state index contributed by atoms with van der Waals surface area (Å²) in [5.74, 6) is 0. The third-order valence-electron chi connectivity index (χ3n) is 1.56. The van der Waals surface area contributed by atoms with Crippen LogP contribution in [-0.4, -0.2) is 43.0 Å². The number of aliphatic hydroxyl groups excluding tert-OH is 1. The van der Waals surface area contributed by atoms with Crippen molar-refractivity contribution in [3.05, 3.63) is 0 Å². The van der Waals surface area contributed by atoms with Crippen molar-refractivity contribution >= 4 is 10.0 Å². The first kappa shape index (κ1) is 13.7. The summed E-state index contributed by atoms with van der Waals surface area (Å²) >= 11 is 0. The van der Waals surface area contributed by atoms with Gasteiger partial charge in [0.1, 0.15) is 0 Å². The minimum absolute atomic E-state index is 0.0359. The normalized spacial score (nSPS) is 15.9. The molecule has 0 amide bonds. The van der Waals surface area contributed by atoms with Gasteiger partial charge in [-0.1, -0.05) is 0 Å². The van der Waals surface area contributed by atoms with E-state index in [1.165, 1.54) is 6.92 Å². The zero-order chi connectivity index (χ0) is 11.6. The minimum atomic E-state index is -5.28. The van der Waals surface area contributed by atoms with Crippen LogP contribution in [-0.2, 0) is 10.0 Å². The maximum atomic E-state index is 11.9. The molecular weight excluding hydrogens is 223 g/mol. The lowest BCUT2D eigenvalue weighted by molar-refractivity contribution is -0.0484. The molecule has 0 aliphatic carbocycles. The molecule has 8 heteroatoms. The second-order valence-corrected chi connectivity index (χ2v) is 4.95. The van der Waals surface area contributed by atoms with Crippen molar-refractivity contribution in [2.75, 3.05) is 13.6 Å². The molecular formula is C6H12F3NO3S. The first-order chi connectivity index (χ1) is 6.09. The van der Waals surface area contributed by atoms with Crippen LogP contribution in [0.2, 0.25) is 0 Å². The maximum Gasteiger partial charge on any atom is 0.511 e. The minimum Gasteiger partial charge on any atom is -0.393 e. The Morgan fingerprint density at radius 2 is 1.86 bits per heavy atom. The van der Waals surface area contributed by atoms with Crippen LogP contribution in [0.3, 0.4) is 0 Å². The van der Waals surface area contributed by atoms with E-state index in [1.54, 1.807) is 0 Å². The number of hydrogen-bond acceptors (Lipinski definition) is 3. The second-order valence-electron chi connectivity index (χ2n) is 2.91. The van der Waals surface area contributed by atoms with Crippen LogP contribution in [0, 0.1) is 0 Å². The van der Waals surface area contributed by atoms with Crippen LogP contribution >= 0.6 is 0 Å². The Bertz CT molecular complexity index is 273. The van der Waals surface area contributed by atoms with E-state index in [1.807, 2.05) is 0 Å². The third-order valence-corrected chi connectivity index (χ3v) is 3.15. The van der Waals surface area contributed by atoms with Gasteiger partial charge in [-0.05, 0) is 13.3 Å². The van der Waals surface area contributed by atoms with E-state index in [9.17, 15) is 21.6 Å². The Morgan fingerprint density at radius 3 is 2.14 bits per heavy atom. The highest BCUT2D eigenvalue weighted by atomic mass is 32.2. The number of halogens is 3. The summed E-state index contributed by atoms with van der Waals surface area (Å²) in [6, 6.07) is 0. The number of alkyl halides is 3. The monoisotopic (exact) mass is 235 g/mol. The maximum absolute atomic E-state index is 11.9. The lowest BCUT2D eigenvalue weighted by Crippen LogP contribution is -2.39. The van der Waals surface area contributed by atoms with Crippen LogP contribution in [0.4, 0.5) is 13.2 Å². The number of sulfonamides is 1. The van der Waals surface area contributed by atoms with Crippen molar-refractivity contribution in [3.63, 3.8) is 0 Å². The van der Waals surface area contributed by atoms with Crippen molar-refractivity contribution < 1.29 is 26.7 Å². The Labute approximate surface area is 80.4 Å². The molecule has 0 fully saturated rings. The molecule has 14 heavy (non-hydrogen) atoms. The highest BCUT2D eigenvalue weighted by molar-refractivity contribution is 7.89. The molecule has 1 unspecified atom stereocenters. The van der Waals surface area contributed by atoms with E-state index >= 15 is 0 Å². The molecule has 0 aromatic heterocycles. The van der Waals surface area contributed by atoms with E-state index in [0.29, 0.717) is 0 Å². The summed E-state index contributed by atoms with van der Waals surface area (Å²) in [5, 5.41) is 8.77. The zero-order valence-corrected chi connectivity index (χ0v) is 8.56. The molecule has 4 nitrogen and oxygen atoms in total. The van der Waals surface area contributed by atoms with Crippen molar-refractivity contribution in [3.8, 4) is 0 Å². The summed E-state index contributed by atoms with van der Waals surface area (Å²) in [6.07, 6.45) is -0.868. The molecule has 0 radical (unpaired) electrons. The van der Waals surface area contributed by atoms with E-state index in [4.69, 9.17) is 5.11 Å². The van der Waals surface area contributed by atoms with Gasteiger partial charge in [0.25, 0.3) is 0 Å².